The van der Waals surface area contributed by atoms with E-state index in [2.05, 4.69) is 54.0 Å². The van der Waals surface area contributed by atoms with Gasteiger partial charge in [-0.25, -0.2) is 0 Å². The molecule has 0 spiro atoms. The number of aryl methyl sites for hydroxylation is 1. The molecule has 3 aromatic rings. The van der Waals surface area contributed by atoms with E-state index >= 15 is 0 Å². The number of ketones is 1. The van der Waals surface area contributed by atoms with Gasteiger partial charge in [0, 0.05) is 27.4 Å². The van der Waals surface area contributed by atoms with Crippen LogP contribution in [0.4, 0.5) is 11.4 Å². The summed E-state index contributed by atoms with van der Waals surface area (Å²) in [6, 6.07) is 20.4. The zero-order chi connectivity index (χ0) is 20.7. The van der Waals surface area contributed by atoms with Crippen molar-refractivity contribution >= 4 is 28.5 Å². The first-order valence-corrected chi connectivity index (χ1v) is 11.0. The Labute approximate surface area is 180 Å². The summed E-state index contributed by atoms with van der Waals surface area (Å²) < 4.78 is 5.29. The highest BCUT2D eigenvalue weighted by Gasteiger charge is 2.36. The van der Waals surface area contributed by atoms with E-state index < -0.39 is 0 Å². The zero-order valence-corrected chi connectivity index (χ0v) is 17.9. The molecule has 2 aliphatic rings. The average molecular weight is 417 g/mol. The molecule has 1 aromatic heterocycles. The van der Waals surface area contributed by atoms with Crippen molar-refractivity contribution in [1.82, 2.24) is 0 Å². The van der Waals surface area contributed by atoms with Crippen LogP contribution in [0.5, 0.6) is 5.75 Å². The molecule has 0 amide bonds. The summed E-state index contributed by atoms with van der Waals surface area (Å²) in [5.41, 5.74) is 5.12. The lowest BCUT2D eigenvalue weighted by Crippen LogP contribution is -2.26. The van der Waals surface area contributed by atoms with Crippen LogP contribution < -0.4 is 15.4 Å². The number of methoxy groups -OCH3 is 1. The van der Waals surface area contributed by atoms with Crippen LogP contribution >= 0.6 is 11.3 Å². The van der Waals surface area contributed by atoms with Crippen LogP contribution in [0, 0.1) is 6.92 Å². The molecule has 0 saturated heterocycles. The normalized spacial score (nSPS) is 20.5. The van der Waals surface area contributed by atoms with Gasteiger partial charge in [0.1, 0.15) is 5.75 Å². The number of Topliss-reactive ketones (excluding diaryl/α,β-unsaturated/α-hetero) is 1. The number of ether oxygens (including phenoxy) is 1. The summed E-state index contributed by atoms with van der Waals surface area (Å²) in [6.07, 6.45) is 1.33. The van der Waals surface area contributed by atoms with E-state index in [4.69, 9.17) is 4.74 Å². The lowest BCUT2D eigenvalue weighted by molar-refractivity contribution is -0.116. The Morgan fingerprint density at radius 3 is 2.43 bits per heavy atom. The van der Waals surface area contributed by atoms with Gasteiger partial charge in [0.25, 0.3) is 0 Å². The van der Waals surface area contributed by atoms with Crippen LogP contribution in [-0.4, -0.2) is 12.9 Å². The fourth-order valence-corrected chi connectivity index (χ4v) is 5.36. The summed E-state index contributed by atoms with van der Waals surface area (Å²) in [4.78, 5) is 15.9. The number of anilines is 2. The molecule has 4 nitrogen and oxygen atoms in total. The van der Waals surface area contributed by atoms with Crippen molar-refractivity contribution in [3.05, 3.63) is 87.3 Å². The van der Waals surface area contributed by atoms with Gasteiger partial charge in [-0.05, 0) is 61.2 Å². The maximum absolute atomic E-state index is 13.5. The number of hydrogen-bond acceptors (Lipinski definition) is 5. The molecule has 2 N–H and O–H groups in total. The maximum Gasteiger partial charge on any atom is 0.163 e. The molecule has 5 rings (SSSR count). The van der Waals surface area contributed by atoms with Gasteiger partial charge < -0.3 is 15.4 Å². The van der Waals surface area contributed by atoms with Crippen LogP contribution in [0.25, 0.3) is 0 Å². The molecule has 2 heterocycles. The molecule has 0 fully saturated rings. The number of nitrogens with one attached hydrogen (secondary N) is 2. The molecule has 1 aliphatic heterocycles. The van der Waals surface area contributed by atoms with Crippen LogP contribution in [0.1, 0.15) is 40.1 Å². The van der Waals surface area contributed by atoms with E-state index in [0.717, 1.165) is 34.8 Å². The van der Waals surface area contributed by atoms with Crippen molar-refractivity contribution in [1.29, 1.82) is 0 Å². The summed E-state index contributed by atoms with van der Waals surface area (Å²) in [5.74, 6) is 1.20. The number of thiophene rings is 1. The van der Waals surface area contributed by atoms with E-state index in [1.807, 2.05) is 24.3 Å². The molecule has 2 atom stereocenters. The number of carbonyl (C=O) groups is 1. The minimum absolute atomic E-state index is 0.126. The van der Waals surface area contributed by atoms with Gasteiger partial charge in [0.2, 0.25) is 0 Å². The number of benzene rings is 2. The Balaban J connectivity index is 1.57. The number of rotatable bonds is 3. The number of allylic oxidation sites excluding steroid dienone is 1. The molecule has 0 radical (unpaired) electrons. The van der Waals surface area contributed by atoms with Crippen LogP contribution in [0.3, 0.4) is 0 Å². The predicted molar refractivity (Wildman–Crippen MR) is 122 cm³/mol. The van der Waals surface area contributed by atoms with Crippen molar-refractivity contribution in [2.24, 2.45) is 0 Å². The lowest BCUT2D eigenvalue weighted by atomic mass is 9.79. The molecular formula is C25H24N2O2S. The molecule has 0 unspecified atom stereocenters. The fourth-order valence-electron chi connectivity index (χ4n) is 4.43. The van der Waals surface area contributed by atoms with Gasteiger partial charge in [0.05, 0.1) is 24.5 Å². The third-order valence-electron chi connectivity index (χ3n) is 5.94. The minimum atomic E-state index is -0.126. The molecular weight excluding hydrogens is 392 g/mol. The first-order valence-electron chi connectivity index (χ1n) is 10.2. The smallest absolute Gasteiger partial charge is 0.163 e. The van der Waals surface area contributed by atoms with Crippen molar-refractivity contribution < 1.29 is 9.53 Å². The summed E-state index contributed by atoms with van der Waals surface area (Å²) in [6.45, 7) is 2.11. The first kappa shape index (κ1) is 18.9. The van der Waals surface area contributed by atoms with E-state index in [-0.39, 0.29) is 17.7 Å². The summed E-state index contributed by atoms with van der Waals surface area (Å²) in [5, 5.41) is 7.24. The van der Waals surface area contributed by atoms with Crippen molar-refractivity contribution in [3.8, 4) is 5.75 Å². The molecule has 2 aromatic carbocycles. The predicted octanol–water partition coefficient (Wildman–Crippen LogP) is 6.04. The standard InChI is InChI=1S/C25H24N2O2S/c1-15-7-12-23(30-15)25-24-21(26-19-5-3-4-6-20(19)27-25)13-17(14-22(24)28)16-8-10-18(29-2)11-9-16/h3-12,17,25-27H,13-14H2,1-2H3/t17-,25-/m0/s1. The fraction of sp³-hybridized carbons (Fsp3) is 0.240. The van der Waals surface area contributed by atoms with E-state index in [1.165, 1.54) is 15.3 Å². The zero-order valence-electron chi connectivity index (χ0n) is 17.1. The largest absolute Gasteiger partial charge is 0.497 e. The van der Waals surface area contributed by atoms with Crippen LogP contribution in [-0.2, 0) is 4.79 Å². The monoisotopic (exact) mass is 416 g/mol. The van der Waals surface area contributed by atoms with Crippen molar-refractivity contribution in [3.63, 3.8) is 0 Å². The number of fused-ring (bicyclic) bond motifs is 1. The molecule has 152 valence electrons. The van der Waals surface area contributed by atoms with Gasteiger partial charge in [-0.1, -0.05) is 24.3 Å². The topological polar surface area (TPSA) is 50.4 Å². The Bertz CT molecular complexity index is 1130. The molecule has 30 heavy (non-hydrogen) atoms. The number of carbonyl (C=O) groups excluding carboxylic acids is 1. The van der Waals surface area contributed by atoms with Gasteiger partial charge >= 0.3 is 0 Å². The molecule has 0 saturated carbocycles. The second-order valence-electron chi connectivity index (χ2n) is 7.89. The van der Waals surface area contributed by atoms with Gasteiger partial charge in [-0.15, -0.1) is 11.3 Å². The summed E-state index contributed by atoms with van der Waals surface area (Å²) in [7, 11) is 1.67. The molecule has 0 bridgehead atoms. The van der Waals surface area contributed by atoms with Gasteiger partial charge in [-0.3, -0.25) is 4.79 Å². The van der Waals surface area contributed by atoms with Crippen LogP contribution in [0.2, 0.25) is 0 Å². The Morgan fingerprint density at radius 1 is 0.967 bits per heavy atom. The minimum Gasteiger partial charge on any atom is -0.497 e. The average Bonchev–Trinajstić information content (AvgIpc) is 3.11. The van der Waals surface area contributed by atoms with Crippen LogP contribution in [0.15, 0.2) is 71.9 Å². The number of para-hydroxylation sites is 2. The lowest BCUT2D eigenvalue weighted by Gasteiger charge is -2.29. The highest BCUT2D eigenvalue weighted by atomic mass is 32.1. The van der Waals surface area contributed by atoms with E-state index in [9.17, 15) is 4.79 Å². The maximum atomic E-state index is 13.5. The highest BCUT2D eigenvalue weighted by Crippen LogP contribution is 2.45. The van der Waals surface area contributed by atoms with E-state index in [0.29, 0.717) is 6.42 Å². The molecule has 5 heteroatoms. The molecule has 1 aliphatic carbocycles. The Hall–Kier alpha value is -3.05. The second kappa shape index (κ2) is 7.65. The number of hydrogen-bond donors (Lipinski definition) is 2. The first-order chi connectivity index (χ1) is 14.6. The van der Waals surface area contributed by atoms with E-state index in [1.54, 1.807) is 18.4 Å². The summed E-state index contributed by atoms with van der Waals surface area (Å²) >= 11 is 1.75. The quantitative estimate of drug-likeness (QED) is 0.546. The third kappa shape index (κ3) is 3.39. The second-order valence-corrected chi connectivity index (χ2v) is 9.21. The SMILES string of the molecule is COc1ccc([C@@H]2CC(=O)C3=C(C2)Nc2ccccc2N[C@H]3c2ccc(C)s2)cc1. The Morgan fingerprint density at radius 2 is 1.73 bits per heavy atom. The van der Waals surface area contributed by atoms with Gasteiger partial charge in [-0.2, -0.15) is 0 Å². The van der Waals surface area contributed by atoms with Gasteiger partial charge in [0.15, 0.2) is 5.78 Å². The van der Waals surface area contributed by atoms with Crippen molar-refractivity contribution in [2.75, 3.05) is 17.7 Å². The third-order valence-corrected chi connectivity index (χ3v) is 7.01. The van der Waals surface area contributed by atoms with Crippen molar-refractivity contribution in [2.45, 2.75) is 31.7 Å². The highest BCUT2D eigenvalue weighted by molar-refractivity contribution is 7.12. The Kier molecular flexibility index (Phi) is 4.83.